The van der Waals surface area contributed by atoms with Crippen LogP contribution in [0.15, 0.2) is 101 Å². The lowest BCUT2D eigenvalue weighted by Crippen LogP contribution is -2.54. The third kappa shape index (κ3) is 7.31. The molecule has 43 heavy (non-hydrogen) atoms. The molecule has 0 unspecified atom stereocenters. The molecule has 0 bridgehead atoms. The first kappa shape index (κ1) is 29.6. The number of nitrogens with zero attached hydrogens (tertiary/aromatic N) is 1. The van der Waals surface area contributed by atoms with E-state index in [1.165, 1.54) is 6.08 Å². The summed E-state index contributed by atoms with van der Waals surface area (Å²) in [6, 6.07) is 26.6. The van der Waals surface area contributed by atoms with Crippen molar-refractivity contribution in [2.45, 2.75) is 27.1 Å². The monoisotopic (exact) mass is 640 g/mol. The number of halogens is 1. The average molecular weight is 642 g/mol. The lowest BCUT2D eigenvalue weighted by molar-refractivity contribution is -0.122. The van der Waals surface area contributed by atoms with Gasteiger partial charge < -0.3 is 14.2 Å². The Labute approximate surface area is 258 Å². The zero-order valence-electron chi connectivity index (χ0n) is 23.6. The molecule has 1 heterocycles. The van der Waals surface area contributed by atoms with Crippen LogP contribution in [-0.2, 0) is 22.8 Å². The van der Waals surface area contributed by atoms with Crippen LogP contribution in [0.25, 0.3) is 6.08 Å². The maximum atomic E-state index is 13.4. The molecule has 4 amide bonds. The fourth-order valence-electron chi connectivity index (χ4n) is 4.34. The minimum atomic E-state index is -0.828. The van der Waals surface area contributed by atoms with Crippen LogP contribution in [0.3, 0.4) is 0 Å². The summed E-state index contributed by atoms with van der Waals surface area (Å²) in [6.45, 7) is 4.98. The molecule has 8 nitrogen and oxygen atoms in total. The Kier molecular flexibility index (Phi) is 9.22. The normalized spacial score (nSPS) is 14.1. The Bertz CT molecular complexity index is 1670. The molecule has 0 atom stereocenters. The number of nitrogens with one attached hydrogen (secondary N) is 1. The number of anilines is 1. The molecule has 4 aromatic rings. The number of imide groups is 2. The van der Waals surface area contributed by atoms with E-state index in [1.54, 1.807) is 42.5 Å². The molecular weight excluding hydrogens is 612 g/mol. The highest BCUT2D eigenvalue weighted by atomic mass is 79.9. The van der Waals surface area contributed by atoms with Gasteiger partial charge in [0.25, 0.3) is 11.8 Å². The third-order valence-corrected chi connectivity index (χ3v) is 7.14. The molecule has 0 aromatic heterocycles. The molecule has 1 aliphatic heterocycles. The number of carbonyl (C=O) groups excluding carboxylic acids is 3. The van der Waals surface area contributed by atoms with Gasteiger partial charge in [-0.3, -0.25) is 14.9 Å². The lowest BCUT2D eigenvalue weighted by atomic mass is 10.1. The van der Waals surface area contributed by atoms with Gasteiger partial charge in [-0.15, -0.1) is 0 Å². The number of hydrogen-bond acceptors (Lipinski definition) is 6. The summed E-state index contributed by atoms with van der Waals surface area (Å²) in [7, 11) is 0. The van der Waals surface area contributed by atoms with Gasteiger partial charge in [0.2, 0.25) is 0 Å². The van der Waals surface area contributed by atoms with Gasteiger partial charge in [-0.25, -0.2) is 9.69 Å². The Morgan fingerprint density at radius 3 is 2.09 bits per heavy atom. The van der Waals surface area contributed by atoms with Crippen LogP contribution in [0.2, 0.25) is 0 Å². The Hall–Kier alpha value is -4.89. The third-order valence-electron chi connectivity index (χ3n) is 6.61. The number of urea groups is 1. The number of rotatable bonds is 10. The first-order valence-electron chi connectivity index (χ1n) is 13.6. The number of ether oxygens (including phenoxy) is 3. The zero-order valence-corrected chi connectivity index (χ0v) is 25.2. The van der Waals surface area contributed by atoms with Gasteiger partial charge >= 0.3 is 6.03 Å². The van der Waals surface area contributed by atoms with Gasteiger partial charge in [0.1, 0.15) is 24.5 Å². The summed E-state index contributed by atoms with van der Waals surface area (Å²) in [6.07, 6.45) is 1.43. The minimum absolute atomic E-state index is 0.189. The van der Waals surface area contributed by atoms with Crippen molar-refractivity contribution in [1.82, 2.24) is 5.32 Å². The Morgan fingerprint density at radius 1 is 0.767 bits per heavy atom. The SMILES string of the molecule is CCOc1cc(/C=C2\C(=O)NC(=O)N(c3ccc(OCc4ccc(Br)cc4)cc3)C2=O)ccc1OCc1ccc(C)cc1. The second-order valence-corrected chi connectivity index (χ2v) is 10.7. The van der Waals surface area contributed by atoms with Crippen LogP contribution in [0.1, 0.15) is 29.2 Å². The van der Waals surface area contributed by atoms with E-state index in [0.717, 1.165) is 26.1 Å². The molecule has 1 fully saturated rings. The zero-order chi connectivity index (χ0) is 30.3. The average Bonchev–Trinajstić information content (AvgIpc) is 3.00. The predicted molar refractivity (Wildman–Crippen MR) is 167 cm³/mol. The molecule has 1 aliphatic rings. The first-order valence-corrected chi connectivity index (χ1v) is 14.4. The van der Waals surface area contributed by atoms with Crippen molar-refractivity contribution in [3.05, 3.63) is 123 Å². The van der Waals surface area contributed by atoms with E-state index in [0.29, 0.717) is 48.3 Å². The smallest absolute Gasteiger partial charge is 0.335 e. The fraction of sp³-hybridized carbons (Fsp3) is 0.147. The molecule has 0 saturated carbocycles. The molecule has 0 spiro atoms. The van der Waals surface area contributed by atoms with Gasteiger partial charge in [0.05, 0.1) is 12.3 Å². The second kappa shape index (κ2) is 13.4. The summed E-state index contributed by atoms with van der Waals surface area (Å²) in [4.78, 5) is 39.8. The maximum absolute atomic E-state index is 13.4. The van der Waals surface area contributed by atoms with Gasteiger partial charge in [-0.1, -0.05) is 64.0 Å². The quantitative estimate of drug-likeness (QED) is 0.148. The highest BCUT2D eigenvalue weighted by Gasteiger charge is 2.36. The standard InChI is InChI=1S/C34H29BrN2O6/c1-3-41-31-19-25(10-17-30(31)43-21-23-6-4-22(2)5-7-23)18-29-32(38)36-34(40)37(33(29)39)27-13-15-28(16-14-27)42-20-24-8-11-26(35)12-9-24/h4-19H,3,20-21H2,1-2H3,(H,36,38,40)/b29-18+. The van der Waals surface area contributed by atoms with Crippen molar-refractivity contribution in [3.8, 4) is 17.2 Å². The van der Waals surface area contributed by atoms with Crippen LogP contribution in [0, 0.1) is 6.92 Å². The lowest BCUT2D eigenvalue weighted by Gasteiger charge is -2.26. The van der Waals surface area contributed by atoms with Crippen LogP contribution in [0.5, 0.6) is 17.2 Å². The number of hydrogen-bond donors (Lipinski definition) is 1. The van der Waals surface area contributed by atoms with E-state index in [-0.39, 0.29) is 5.57 Å². The van der Waals surface area contributed by atoms with Crippen molar-refractivity contribution in [3.63, 3.8) is 0 Å². The summed E-state index contributed by atoms with van der Waals surface area (Å²) < 4.78 is 18.6. The number of aryl methyl sites for hydroxylation is 1. The van der Waals surface area contributed by atoms with Crippen LogP contribution < -0.4 is 24.4 Å². The molecule has 0 aliphatic carbocycles. The molecule has 218 valence electrons. The number of carbonyl (C=O) groups is 3. The van der Waals surface area contributed by atoms with E-state index in [4.69, 9.17) is 14.2 Å². The van der Waals surface area contributed by atoms with Gasteiger partial charge in [-0.05, 0) is 85.1 Å². The van der Waals surface area contributed by atoms with Crippen molar-refractivity contribution < 1.29 is 28.6 Å². The van der Waals surface area contributed by atoms with Crippen molar-refractivity contribution >= 4 is 45.5 Å². The highest BCUT2D eigenvalue weighted by molar-refractivity contribution is 9.10. The molecule has 5 rings (SSSR count). The summed E-state index contributed by atoms with van der Waals surface area (Å²) in [5.74, 6) is 0.0485. The van der Waals surface area contributed by atoms with Gasteiger partial charge in [0.15, 0.2) is 11.5 Å². The largest absolute Gasteiger partial charge is 0.490 e. The summed E-state index contributed by atoms with van der Waals surface area (Å²) in [5, 5.41) is 2.26. The maximum Gasteiger partial charge on any atom is 0.335 e. The number of amides is 4. The first-order chi connectivity index (χ1) is 20.8. The number of benzene rings is 4. The molecule has 9 heteroatoms. The summed E-state index contributed by atoms with van der Waals surface area (Å²) >= 11 is 3.41. The van der Waals surface area contributed by atoms with E-state index < -0.39 is 17.8 Å². The summed E-state index contributed by atoms with van der Waals surface area (Å²) in [5.41, 5.74) is 3.81. The Morgan fingerprint density at radius 2 is 1.42 bits per heavy atom. The molecule has 4 aromatic carbocycles. The second-order valence-electron chi connectivity index (χ2n) is 9.78. The van der Waals surface area contributed by atoms with E-state index in [2.05, 4.69) is 21.2 Å². The predicted octanol–water partition coefficient (Wildman–Crippen LogP) is 6.98. The van der Waals surface area contributed by atoms with Crippen molar-refractivity contribution in [2.24, 2.45) is 0 Å². The van der Waals surface area contributed by atoms with Crippen LogP contribution >= 0.6 is 15.9 Å². The van der Waals surface area contributed by atoms with Crippen LogP contribution in [0.4, 0.5) is 10.5 Å². The Balaban J connectivity index is 1.32. The van der Waals surface area contributed by atoms with Crippen molar-refractivity contribution in [2.75, 3.05) is 11.5 Å². The number of barbiturate groups is 1. The van der Waals surface area contributed by atoms with Gasteiger partial charge in [0, 0.05) is 4.47 Å². The molecule has 0 radical (unpaired) electrons. The molecule has 1 saturated heterocycles. The highest BCUT2D eigenvalue weighted by Crippen LogP contribution is 2.31. The fourth-order valence-corrected chi connectivity index (χ4v) is 4.61. The van der Waals surface area contributed by atoms with Gasteiger partial charge in [-0.2, -0.15) is 0 Å². The minimum Gasteiger partial charge on any atom is -0.490 e. The van der Waals surface area contributed by atoms with Crippen LogP contribution in [-0.4, -0.2) is 24.5 Å². The molecular formula is C34H29BrN2O6. The topological polar surface area (TPSA) is 94.2 Å². The van der Waals surface area contributed by atoms with Crippen molar-refractivity contribution in [1.29, 1.82) is 0 Å². The van der Waals surface area contributed by atoms with E-state index in [9.17, 15) is 14.4 Å². The molecule has 1 N–H and O–H groups in total. The van der Waals surface area contributed by atoms with E-state index >= 15 is 0 Å². The van der Waals surface area contributed by atoms with E-state index in [1.807, 2.05) is 62.4 Å².